The van der Waals surface area contributed by atoms with Gasteiger partial charge in [-0.25, -0.2) is 0 Å². The summed E-state index contributed by atoms with van der Waals surface area (Å²) in [7, 11) is 3.52. The van der Waals surface area contributed by atoms with Crippen LogP contribution in [0.3, 0.4) is 0 Å². The van der Waals surface area contributed by atoms with Gasteiger partial charge < -0.3 is 0 Å². The van der Waals surface area contributed by atoms with Crippen molar-refractivity contribution < 1.29 is 0 Å². The van der Waals surface area contributed by atoms with E-state index in [9.17, 15) is 0 Å². The molecule has 2 heteroatoms. The Morgan fingerprint density at radius 1 is 1.40 bits per heavy atom. The van der Waals surface area contributed by atoms with Gasteiger partial charge in [0.2, 0.25) is 0 Å². The SMILES string of the molecule is C=CC(=NC)C(CC)=NC. The lowest BCUT2D eigenvalue weighted by atomic mass is 10.2. The fraction of sp³-hybridized carbons (Fsp3) is 0.500. The highest BCUT2D eigenvalue weighted by molar-refractivity contribution is 6.46. The smallest absolute Gasteiger partial charge is 0.0775 e. The molecule has 0 saturated carbocycles. The molecule has 0 amide bonds. The number of rotatable bonds is 3. The number of aliphatic imine (C=N–C) groups is 2. The largest absolute Gasteiger partial charge is 0.291 e. The van der Waals surface area contributed by atoms with Gasteiger partial charge in [0, 0.05) is 14.1 Å². The first-order chi connectivity index (χ1) is 4.79. The Morgan fingerprint density at radius 2 is 2.00 bits per heavy atom. The molecule has 0 aliphatic heterocycles. The summed E-state index contributed by atoms with van der Waals surface area (Å²) in [4.78, 5) is 8.08. The standard InChI is InChI=1S/C8H14N2/c1-5-7(9-3)8(6-2)10-4/h5H,1,6H2,2-4H3. The van der Waals surface area contributed by atoms with E-state index in [0.717, 1.165) is 17.8 Å². The minimum absolute atomic E-state index is 0.894. The molecule has 0 unspecified atom stereocenters. The second kappa shape index (κ2) is 4.91. The molecule has 0 atom stereocenters. The molecular formula is C8H14N2. The van der Waals surface area contributed by atoms with Crippen molar-refractivity contribution in [1.82, 2.24) is 0 Å². The highest BCUT2D eigenvalue weighted by atomic mass is 14.8. The van der Waals surface area contributed by atoms with Crippen LogP contribution in [0.4, 0.5) is 0 Å². The maximum atomic E-state index is 4.06. The van der Waals surface area contributed by atoms with Crippen LogP contribution in [0.1, 0.15) is 13.3 Å². The van der Waals surface area contributed by atoms with Crippen molar-refractivity contribution >= 4 is 11.4 Å². The van der Waals surface area contributed by atoms with E-state index in [-0.39, 0.29) is 0 Å². The molecule has 2 nitrogen and oxygen atoms in total. The van der Waals surface area contributed by atoms with Gasteiger partial charge in [-0.1, -0.05) is 13.5 Å². The van der Waals surface area contributed by atoms with Crippen LogP contribution in [0.5, 0.6) is 0 Å². The molecule has 0 heterocycles. The van der Waals surface area contributed by atoms with Crippen molar-refractivity contribution in [1.29, 1.82) is 0 Å². The van der Waals surface area contributed by atoms with Gasteiger partial charge in [0.05, 0.1) is 11.4 Å². The van der Waals surface area contributed by atoms with E-state index >= 15 is 0 Å². The summed E-state index contributed by atoms with van der Waals surface area (Å²) in [6.45, 7) is 5.69. The maximum Gasteiger partial charge on any atom is 0.0775 e. The summed E-state index contributed by atoms with van der Waals surface area (Å²) in [5.74, 6) is 0. The Kier molecular flexibility index (Phi) is 4.46. The van der Waals surface area contributed by atoms with E-state index in [0.29, 0.717) is 0 Å². The molecule has 0 aromatic carbocycles. The molecule has 0 fully saturated rings. The molecule has 0 N–H and O–H groups in total. The molecule has 0 spiro atoms. The third kappa shape index (κ3) is 2.13. The molecule has 0 saturated heterocycles. The zero-order valence-electron chi connectivity index (χ0n) is 6.89. The van der Waals surface area contributed by atoms with Gasteiger partial charge in [-0.2, -0.15) is 0 Å². The normalized spacial score (nSPS) is 13.5. The average Bonchev–Trinajstić information content (AvgIpc) is 2.00. The first-order valence-electron chi connectivity index (χ1n) is 3.35. The van der Waals surface area contributed by atoms with Gasteiger partial charge >= 0.3 is 0 Å². The molecular weight excluding hydrogens is 124 g/mol. The second-order valence-electron chi connectivity index (χ2n) is 1.84. The van der Waals surface area contributed by atoms with Crippen LogP contribution in [0.15, 0.2) is 22.6 Å². The van der Waals surface area contributed by atoms with E-state index in [1.165, 1.54) is 0 Å². The van der Waals surface area contributed by atoms with Gasteiger partial charge in [0.1, 0.15) is 0 Å². The van der Waals surface area contributed by atoms with Crippen LogP contribution in [-0.2, 0) is 0 Å². The number of allylic oxidation sites excluding steroid dienone is 1. The molecule has 56 valence electrons. The Morgan fingerprint density at radius 3 is 2.10 bits per heavy atom. The van der Waals surface area contributed by atoms with Crippen LogP contribution in [0.25, 0.3) is 0 Å². The molecule has 0 aromatic rings. The van der Waals surface area contributed by atoms with E-state index < -0.39 is 0 Å². The molecule has 0 aliphatic carbocycles. The Balaban J connectivity index is 4.42. The molecule has 10 heavy (non-hydrogen) atoms. The number of hydrogen-bond acceptors (Lipinski definition) is 2. The monoisotopic (exact) mass is 138 g/mol. The minimum atomic E-state index is 0.894. The second-order valence-corrected chi connectivity index (χ2v) is 1.84. The molecule has 0 rings (SSSR count). The molecule has 0 radical (unpaired) electrons. The van der Waals surface area contributed by atoms with Gasteiger partial charge in [-0.05, 0) is 12.5 Å². The number of nitrogens with zero attached hydrogens (tertiary/aromatic N) is 2. The lowest BCUT2D eigenvalue weighted by molar-refractivity contribution is 1.26. The van der Waals surface area contributed by atoms with Crippen LogP contribution in [-0.4, -0.2) is 25.5 Å². The predicted molar refractivity (Wildman–Crippen MR) is 47.2 cm³/mol. The van der Waals surface area contributed by atoms with Gasteiger partial charge in [-0.15, -0.1) is 0 Å². The van der Waals surface area contributed by atoms with E-state index in [2.05, 4.69) is 23.5 Å². The fourth-order valence-electron chi connectivity index (χ4n) is 0.792. The topological polar surface area (TPSA) is 24.7 Å². The first-order valence-corrected chi connectivity index (χ1v) is 3.35. The van der Waals surface area contributed by atoms with Crippen LogP contribution in [0, 0.1) is 0 Å². The van der Waals surface area contributed by atoms with Crippen molar-refractivity contribution in [2.75, 3.05) is 14.1 Å². The van der Waals surface area contributed by atoms with Gasteiger partial charge in [0.15, 0.2) is 0 Å². The fourth-order valence-corrected chi connectivity index (χ4v) is 0.792. The van der Waals surface area contributed by atoms with Crippen molar-refractivity contribution in [2.45, 2.75) is 13.3 Å². The van der Waals surface area contributed by atoms with Crippen LogP contribution >= 0.6 is 0 Å². The summed E-state index contributed by atoms with van der Waals surface area (Å²) >= 11 is 0. The average molecular weight is 138 g/mol. The van der Waals surface area contributed by atoms with Crippen LogP contribution < -0.4 is 0 Å². The molecule has 0 bridgehead atoms. The molecule has 0 aliphatic rings. The van der Waals surface area contributed by atoms with Crippen molar-refractivity contribution in [3.63, 3.8) is 0 Å². The maximum absolute atomic E-state index is 4.06. The molecule has 0 aromatic heterocycles. The van der Waals surface area contributed by atoms with Gasteiger partial charge in [0.25, 0.3) is 0 Å². The summed E-state index contributed by atoms with van der Waals surface area (Å²) in [5, 5.41) is 0. The Labute approximate surface area is 62.4 Å². The summed E-state index contributed by atoms with van der Waals surface area (Å²) in [6, 6.07) is 0. The third-order valence-corrected chi connectivity index (χ3v) is 1.33. The van der Waals surface area contributed by atoms with Crippen molar-refractivity contribution in [3.05, 3.63) is 12.7 Å². The van der Waals surface area contributed by atoms with Gasteiger partial charge in [-0.3, -0.25) is 9.98 Å². The lowest BCUT2D eigenvalue weighted by Gasteiger charge is -1.99. The van der Waals surface area contributed by atoms with E-state index in [4.69, 9.17) is 0 Å². The van der Waals surface area contributed by atoms with Crippen molar-refractivity contribution in [3.8, 4) is 0 Å². The zero-order valence-corrected chi connectivity index (χ0v) is 6.89. The first kappa shape index (κ1) is 9.08. The van der Waals surface area contributed by atoms with Crippen molar-refractivity contribution in [2.24, 2.45) is 9.98 Å². The Bertz CT molecular complexity index is 166. The summed E-state index contributed by atoms with van der Waals surface area (Å²) < 4.78 is 0. The summed E-state index contributed by atoms with van der Waals surface area (Å²) in [6.07, 6.45) is 2.64. The Hall–Kier alpha value is -0.920. The number of hydrogen-bond donors (Lipinski definition) is 0. The van der Waals surface area contributed by atoms with Crippen LogP contribution in [0.2, 0.25) is 0 Å². The van der Waals surface area contributed by atoms with E-state index in [1.807, 2.05) is 0 Å². The summed E-state index contributed by atoms with van der Waals surface area (Å²) in [5.41, 5.74) is 1.91. The zero-order chi connectivity index (χ0) is 7.98. The highest BCUT2D eigenvalue weighted by Gasteiger charge is 1.98. The van der Waals surface area contributed by atoms with E-state index in [1.54, 1.807) is 20.2 Å². The minimum Gasteiger partial charge on any atom is -0.291 e. The quantitative estimate of drug-likeness (QED) is 0.530. The third-order valence-electron chi connectivity index (χ3n) is 1.33. The lowest BCUT2D eigenvalue weighted by Crippen LogP contribution is -2.09. The highest BCUT2D eigenvalue weighted by Crippen LogP contribution is 1.90. The predicted octanol–water partition coefficient (Wildman–Crippen LogP) is 1.72.